The topological polar surface area (TPSA) is 82.4 Å². The molecule has 0 aliphatic rings. The molecule has 0 heterocycles. The normalized spacial score (nSPS) is 11.6. The molecule has 0 fully saturated rings. The Morgan fingerprint density at radius 2 is 2.10 bits per heavy atom. The summed E-state index contributed by atoms with van der Waals surface area (Å²) in [5, 5.41) is 11.6. The molecule has 1 amide bonds. The Hall–Kier alpha value is -2.39. The SMILES string of the molecule is COC(=O)C(C)CN(C)CC(=O)Nc1ccccc1C#N. The highest BCUT2D eigenvalue weighted by molar-refractivity contribution is 5.93. The molecular weight excluding hydrogens is 270 g/mol. The van der Waals surface area contributed by atoms with Crippen molar-refractivity contribution in [1.82, 2.24) is 4.90 Å². The molecule has 0 saturated carbocycles. The van der Waals surface area contributed by atoms with E-state index in [9.17, 15) is 9.59 Å². The van der Waals surface area contributed by atoms with E-state index in [0.29, 0.717) is 17.8 Å². The minimum atomic E-state index is -0.308. The summed E-state index contributed by atoms with van der Waals surface area (Å²) in [4.78, 5) is 25.0. The maximum Gasteiger partial charge on any atom is 0.309 e. The van der Waals surface area contributed by atoms with Crippen LogP contribution in [0.3, 0.4) is 0 Å². The fraction of sp³-hybridized carbons (Fsp3) is 0.400. The lowest BCUT2D eigenvalue weighted by atomic mass is 10.1. The lowest BCUT2D eigenvalue weighted by molar-refractivity contribution is -0.145. The molecule has 0 aliphatic heterocycles. The number of esters is 1. The van der Waals surface area contributed by atoms with Crippen LogP contribution in [0.5, 0.6) is 0 Å². The lowest BCUT2D eigenvalue weighted by Gasteiger charge is -2.19. The highest BCUT2D eigenvalue weighted by Gasteiger charge is 2.17. The van der Waals surface area contributed by atoms with Crippen molar-refractivity contribution in [2.75, 3.05) is 32.6 Å². The number of hydrogen-bond donors (Lipinski definition) is 1. The van der Waals surface area contributed by atoms with Crippen molar-refractivity contribution >= 4 is 17.6 Å². The number of nitriles is 1. The van der Waals surface area contributed by atoms with E-state index in [2.05, 4.69) is 10.1 Å². The summed E-state index contributed by atoms with van der Waals surface area (Å²) in [5.41, 5.74) is 0.899. The number of methoxy groups -OCH3 is 1. The Labute approximate surface area is 124 Å². The molecule has 0 aliphatic carbocycles. The first-order chi connectivity index (χ1) is 9.97. The Morgan fingerprint density at radius 3 is 2.71 bits per heavy atom. The molecule has 112 valence electrons. The molecular formula is C15H19N3O3. The van der Waals surface area contributed by atoms with Crippen LogP contribution in [0.15, 0.2) is 24.3 Å². The lowest BCUT2D eigenvalue weighted by Crippen LogP contribution is -2.35. The van der Waals surface area contributed by atoms with Gasteiger partial charge < -0.3 is 10.1 Å². The Morgan fingerprint density at radius 1 is 1.43 bits per heavy atom. The predicted molar refractivity (Wildman–Crippen MR) is 78.5 cm³/mol. The highest BCUT2D eigenvalue weighted by Crippen LogP contribution is 2.13. The number of rotatable bonds is 6. The van der Waals surface area contributed by atoms with Crippen molar-refractivity contribution in [3.05, 3.63) is 29.8 Å². The fourth-order valence-corrected chi connectivity index (χ4v) is 1.93. The van der Waals surface area contributed by atoms with Crippen LogP contribution in [-0.2, 0) is 14.3 Å². The summed E-state index contributed by atoms with van der Waals surface area (Å²) in [5.74, 6) is -0.853. The van der Waals surface area contributed by atoms with Crippen LogP contribution in [0.2, 0.25) is 0 Å². The average Bonchev–Trinajstić information content (AvgIpc) is 2.46. The third-order valence-corrected chi connectivity index (χ3v) is 2.92. The van der Waals surface area contributed by atoms with E-state index in [1.165, 1.54) is 7.11 Å². The van der Waals surface area contributed by atoms with Gasteiger partial charge in [-0.05, 0) is 19.2 Å². The summed E-state index contributed by atoms with van der Waals surface area (Å²) >= 11 is 0. The molecule has 0 radical (unpaired) electrons. The van der Waals surface area contributed by atoms with Crippen LogP contribution in [0.4, 0.5) is 5.69 Å². The Bertz CT molecular complexity index is 551. The summed E-state index contributed by atoms with van der Waals surface area (Å²) in [6, 6.07) is 8.82. The van der Waals surface area contributed by atoms with E-state index in [4.69, 9.17) is 5.26 Å². The number of benzene rings is 1. The van der Waals surface area contributed by atoms with Gasteiger partial charge in [-0.2, -0.15) is 5.26 Å². The average molecular weight is 289 g/mol. The van der Waals surface area contributed by atoms with Gasteiger partial charge in [0.25, 0.3) is 0 Å². The number of anilines is 1. The van der Waals surface area contributed by atoms with Crippen molar-refractivity contribution in [1.29, 1.82) is 5.26 Å². The molecule has 1 aromatic carbocycles. The maximum atomic E-state index is 11.9. The zero-order valence-corrected chi connectivity index (χ0v) is 12.4. The summed E-state index contributed by atoms with van der Waals surface area (Å²) in [6.07, 6.45) is 0. The maximum absolute atomic E-state index is 11.9. The fourth-order valence-electron chi connectivity index (χ4n) is 1.93. The minimum absolute atomic E-state index is 0.126. The second-order valence-electron chi connectivity index (χ2n) is 4.83. The summed E-state index contributed by atoms with van der Waals surface area (Å²) in [6.45, 7) is 2.28. The molecule has 6 heteroatoms. The first kappa shape index (κ1) is 16.7. The molecule has 1 aromatic rings. The van der Waals surface area contributed by atoms with E-state index in [1.807, 2.05) is 6.07 Å². The molecule has 1 unspecified atom stereocenters. The van der Waals surface area contributed by atoms with Crippen LogP contribution in [0, 0.1) is 17.2 Å². The third-order valence-electron chi connectivity index (χ3n) is 2.92. The van der Waals surface area contributed by atoms with E-state index in [-0.39, 0.29) is 24.3 Å². The number of amides is 1. The molecule has 6 nitrogen and oxygen atoms in total. The van der Waals surface area contributed by atoms with Gasteiger partial charge in [-0.15, -0.1) is 0 Å². The van der Waals surface area contributed by atoms with Gasteiger partial charge in [-0.25, -0.2) is 0 Å². The number of carbonyl (C=O) groups excluding carboxylic acids is 2. The highest BCUT2D eigenvalue weighted by atomic mass is 16.5. The summed E-state index contributed by atoms with van der Waals surface area (Å²) in [7, 11) is 3.08. The van der Waals surface area contributed by atoms with Crippen molar-refractivity contribution < 1.29 is 14.3 Å². The second-order valence-corrected chi connectivity index (χ2v) is 4.83. The first-order valence-electron chi connectivity index (χ1n) is 6.53. The molecule has 0 aromatic heterocycles. The third kappa shape index (κ3) is 5.24. The Kier molecular flexibility index (Phi) is 6.37. The van der Waals surface area contributed by atoms with Crippen molar-refractivity contribution in [2.45, 2.75) is 6.92 Å². The van der Waals surface area contributed by atoms with Crippen LogP contribution < -0.4 is 5.32 Å². The smallest absolute Gasteiger partial charge is 0.309 e. The van der Waals surface area contributed by atoms with Gasteiger partial charge in [-0.3, -0.25) is 14.5 Å². The molecule has 0 saturated heterocycles. The van der Waals surface area contributed by atoms with Crippen LogP contribution in [0.1, 0.15) is 12.5 Å². The van der Waals surface area contributed by atoms with E-state index >= 15 is 0 Å². The van der Waals surface area contributed by atoms with Gasteiger partial charge in [0.1, 0.15) is 6.07 Å². The minimum Gasteiger partial charge on any atom is -0.469 e. The van der Waals surface area contributed by atoms with Gasteiger partial charge in [0, 0.05) is 6.54 Å². The molecule has 1 atom stereocenters. The Balaban J connectivity index is 2.54. The van der Waals surface area contributed by atoms with Crippen molar-refractivity contribution in [2.24, 2.45) is 5.92 Å². The summed E-state index contributed by atoms with van der Waals surface area (Å²) < 4.78 is 4.64. The number of hydrogen-bond acceptors (Lipinski definition) is 5. The van der Waals surface area contributed by atoms with Crippen molar-refractivity contribution in [3.63, 3.8) is 0 Å². The van der Waals surface area contributed by atoms with E-state index in [1.54, 1.807) is 43.1 Å². The van der Waals surface area contributed by atoms with Crippen LogP contribution in [-0.4, -0.2) is 44.0 Å². The number of nitrogens with one attached hydrogen (secondary N) is 1. The zero-order chi connectivity index (χ0) is 15.8. The molecule has 1 rings (SSSR count). The van der Waals surface area contributed by atoms with E-state index < -0.39 is 0 Å². The molecule has 21 heavy (non-hydrogen) atoms. The number of carbonyl (C=O) groups is 2. The molecule has 0 bridgehead atoms. The molecule has 0 spiro atoms. The second kappa shape index (κ2) is 8.02. The predicted octanol–water partition coefficient (Wildman–Crippen LogP) is 1.24. The number of ether oxygens (including phenoxy) is 1. The molecule has 1 N–H and O–H groups in total. The largest absolute Gasteiger partial charge is 0.469 e. The van der Waals surface area contributed by atoms with Gasteiger partial charge in [0.05, 0.1) is 30.8 Å². The standard InChI is InChI=1S/C15H19N3O3/c1-11(15(20)21-3)9-18(2)10-14(19)17-13-7-5-4-6-12(13)8-16/h4-7,11H,9-10H2,1-3H3,(H,17,19). The number of likely N-dealkylation sites (N-methyl/N-ethyl adjacent to an activating group) is 1. The number of para-hydroxylation sites is 1. The quantitative estimate of drug-likeness (QED) is 0.797. The first-order valence-corrected chi connectivity index (χ1v) is 6.53. The van der Waals surface area contributed by atoms with Crippen LogP contribution in [0.25, 0.3) is 0 Å². The van der Waals surface area contributed by atoms with Gasteiger partial charge in [0.2, 0.25) is 5.91 Å². The number of nitrogens with zero attached hydrogens (tertiary/aromatic N) is 2. The van der Waals surface area contributed by atoms with Crippen LogP contribution >= 0.6 is 0 Å². The van der Waals surface area contributed by atoms with Gasteiger partial charge in [-0.1, -0.05) is 19.1 Å². The zero-order valence-electron chi connectivity index (χ0n) is 12.4. The monoisotopic (exact) mass is 289 g/mol. The van der Waals surface area contributed by atoms with E-state index in [0.717, 1.165) is 0 Å². The van der Waals surface area contributed by atoms with Crippen molar-refractivity contribution in [3.8, 4) is 6.07 Å². The van der Waals surface area contributed by atoms with Gasteiger partial charge in [0.15, 0.2) is 0 Å². The van der Waals surface area contributed by atoms with Gasteiger partial charge >= 0.3 is 5.97 Å².